The highest BCUT2D eigenvalue weighted by Crippen LogP contribution is 2.33. The van der Waals surface area contributed by atoms with Crippen molar-refractivity contribution in [2.75, 3.05) is 11.4 Å². The summed E-state index contributed by atoms with van der Waals surface area (Å²) in [5.41, 5.74) is 7.72. The van der Waals surface area contributed by atoms with Gasteiger partial charge in [0.1, 0.15) is 4.99 Å². The Morgan fingerprint density at radius 3 is 2.83 bits per heavy atom. The predicted octanol–water partition coefficient (Wildman–Crippen LogP) is 3.60. The Bertz CT molecular complexity index is 461. The van der Waals surface area contributed by atoms with Crippen LogP contribution in [-0.2, 0) is 0 Å². The van der Waals surface area contributed by atoms with Gasteiger partial charge in [0.2, 0.25) is 0 Å². The minimum atomic E-state index is 0.376. The van der Waals surface area contributed by atoms with Crippen molar-refractivity contribution in [3.8, 4) is 0 Å². The highest BCUT2D eigenvalue weighted by molar-refractivity contribution is 7.80. The van der Waals surface area contributed by atoms with E-state index >= 15 is 0 Å². The first kappa shape index (κ1) is 13.6. The average Bonchev–Trinajstić information content (AvgIpc) is 2.32. The third kappa shape index (κ3) is 2.47. The fraction of sp³-hybridized carbons (Fsp3) is 0.500. The van der Waals surface area contributed by atoms with Gasteiger partial charge in [0.25, 0.3) is 0 Å². The van der Waals surface area contributed by atoms with Crippen LogP contribution in [0.5, 0.6) is 0 Å². The first-order valence-corrected chi connectivity index (χ1v) is 7.16. The van der Waals surface area contributed by atoms with Gasteiger partial charge in [0.15, 0.2) is 0 Å². The van der Waals surface area contributed by atoms with E-state index in [0.717, 1.165) is 17.8 Å². The lowest BCUT2D eigenvalue weighted by molar-refractivity contribution is 0.363. The number of anilines is 1. The van der Waals surface area contributed by atoms with Crippen LogP contribution in [0.4, 0.5) is 5.69 Å². The van der Waals surface area contributed by atoms with Crippen molar-refractivity contribution < 1.29 is 0 Å². The van der Waals surface area contributed by atoms with Crippen LogP contribution < -0.4 is 10.6 Å². The minimum absolute atomic E-state index is 0.376. The summed E-state index contributed by atoms with van der Waals surface area (Å²) >= 11 is 11.4. The molecule has 0 aromatic heterocycles. The van der Waals surface area contributed by atoms with E-state index in [1.54, 1.807) is 0 Å². The number of piperidine rings is 1. The van der Waals surface area contributed by atoms with Gasteiger partial charge in [0.05, 0.1) is 10.6 Å². The van der Waals surface area contributed by atoms with Crippen LogP contribution in [0.2, 0.25) is 5.02 Å². The monoisotopic (exact) mass is 282 g/mol. The minimum Gasteiger partial charge on any atom is -0.389 e. The highest BCUT2D eigenvalue weighted by atomic mass is 35.5. The van der Waals surface area contributed by atoms with E-state index in [1.165, 1.54) is 12.8 Å². The van der Waals surface area contributed by atoms with Gasteiger partial charge in [-0.15, -0.1) is 0 Å². The first-order valence-electron chi connectivity index (χ1n) is 6.37. The molecule has 1 aliphatic heterocycles. The van der Waals surface area contributed by atoms with Crippen molar-refractivity contribution in [1.29, 1.82) is 0 Å². The zero-order valence-corrected chi connectivity index (χ0v) is 12.4. The van der Waals surface area contributed by atoms with Crippen LogP contribution >= 0.6 is 23.8 Å². The van der Waals surface area contributed by atoms with E-state index in [0.29, 0.717) is 22.0 Å². The normalized spacial score (nSPS) is 24.1. The van der Waals surface area contributed by atoms with Crippen molar-refractivity contribution in [3.05, 3.63) is 28.8 Å². The molecule has 2 nitrogen and oxygen atoms in total. The van der Waals surface area contributed by atoms with Crippen molar-refractivity contribution in [3.63, 3.8) is 0 Å². The molecule has 2 rings (SSSR count). The Hall–Kier alpha value is -0.800. The van der Waals surface area contributed by atoms with Crippen LogP contribution in [0.1, 0.15) is 32.3 Å². The maximum absolute atomic E-state index is 6.23. The van der Waals surface area contributed by atoms with E-state index in [2.05, 4.69) is 24.8 Å². The Balaban J connectivity index is 2.44. The van der Waals surface area contributed by atoms with Crippen molar-refractivity contribution in [2.24, 2.45) is 11.7 Å². The van der Waals surface area contributed by atoms with Gasteiger partial charge in [0, 0.05) is 18.3 Å². The molecule has 1 fully saturated rings. The molecule has 0 amide bonds. The SMILES string of the molecule is CC1CCCN(c2cccc(Cl)c2C(N)=S)C1C. The predicted molar refractivity (Wildman–Crippen MR) is 82.5 cm³/mol. The van der Waals surface area contributed by atoms with Crippen molar-refractivity contribution >= 4 is 34.5 Å². The van der Waals surface area contributed by atoms with Crippen LogP contribution in [-0.4, -0.2) is 17.6 Å². The number of thiocarbonyl (C=S) groups is 1. The third-order valence-corrected chi connectivity index (χ3v) is 4.44. The molecule has 0 saturated carbocycles. The molecule has 2 N–H and O–H groups in total. The van der Waals surface area contributed by atoms with E-state index in [9.17, 15) is 0 Å². The second-order valence-electron chi connectivity index (χ2n) is 5.05. The van der Waals surface area contributed by atoms with E-state index in [-0.39, 0.29) is 0 Å². The summed E-state index contributed by atoms with van der Waals surface area (Å²) in [6.07, 6.45) is 2.48. The molecule has 4 heteroatoms. The fourth-order valence-electron chi connectivity index (χ4n) is 2.67. The number of nitrogens with zero attached hydrogens (tertiary/aromatic N) is 1. The van der Waals surface area contributed by atoms with Crippen LogP contribution in [0.15, 0.2) is 18.2 Å². The number of halogens is 1. The zero-order valence-electron chi connectivity index (χ0n) is 10.8. The van der Waals surface area contributed by atoms with Crippen LogP contribution in [0.3, 0.4) is 0 Å². The summed E-state index contributed by atoms with van der Waals surface area (Å²) in [6, 6.07) is 6.36. The van der Waals surface area contributed by atoms with Gasteiger partial charge in [-0.3, -0.25) is 0 Å². The van der Waals surface area contributed by atoms with Crippen LogP contribution in [0, 0.1) is 5.92 Å². The van der Waals surface area contributed by atoms with Crippen molar-refractivity contribution in [2.45, 2.75) is 32.7 Å². The molecule has 98 valence electrons. The van der Waals surface area contributed by atoms with Gasteiger partial charge in [-0.1, -0.05) is 36.8 Å². The third-order valence-electron chi connectivity index (χ3n) is 3.92. The summed E-state index contributed by atoms with van der Waals surface area (Å²) < 4.78 is 0. The van der Waals surface area contributed by atoms with Gasteiger partial charge < -0.3 is 10.6 Å². The summed E-state index contributed by atoms with van der Waals surface area (Å²) in [6.45, 7) is 5.59. The average molecular weight is 283 g/mol. The fourth-order valence-corrected chi connectivity index (χ4v) is 3.21. The summed E-state index contributed by atoms with van der Waals surface area (Å²) in [5, 5.41) is 0.644. The maximum Gasteiger partial charge on any atom is 0.107 e. The maximum atomic E-state index is 6.23. The topological polar surface area (TPSA) is 29.3 Å². The first-order chi connectivity index (χ1) is 8.52. The van der Waals surface area contributed by atoms with Gasteiger partial charge in [-0.2, -0.15) is 0 Å². The lowest BCUT2D eigenvalue weighted by atomic mass is 9.91. The lowest BCUT2D eigenvalue weighted by Gasteiger charge is -2.40. The number of nitrogens with two attached hydrogens (primary N) is 1. The molecule has 2 atom stereocenters. The highest BCUT2D eigenvalue weighted by Gasteiger charge is 2.27. The van der Waals surface area contributed by atoms with Crippen LogP contribution in [0.25, 0.3) is 0 Å². The molecule has 1 aromatic carbocycles. The molecule has 1 heterocycles. The molecule has 0 radical (unpaired) electrons. The molecular formula is C14H19ClN2S. The van der Waals surface area contributed by atoms with E-state index in [1.807, 2.05) is 12.1 Å². The Morgan fingerprint density at radius 1 is 1.44 bits per heavy atom. The zero-order chi connectivity index (χ0) is 13.3. The Kier molecular flexibility index (Phi) is 4.13. The summed E-state index contributed by atoms with van der Waals surface area (Å²) in [5.74, 6) is 0.678. The molecule has 18 heavy (non-hydrogen) atoms. The largest absolute Gasteiger partial charge is 0.389 e. The second kappa shape index (κ2) is 5.45. The van der Waals surface area contributed by atoms with Gasteiger partial charge >= 0.3 is 0 Å². The standard InChI is InChI=1S/C14H19ClN2S/c1-9-5-4-8-17(10(9)2)12-7-3-6-11(15)13(12)14(16)18/h3,6-7,9-10H,4-5,8H2,1-2H3,(H2,16,18). The molecule has 1 saturated heterocycles. The molecule has 0 bridgehead atoms. The quantitative estimate of drug-likeness (QED) is 0.841. The second-order valence-corrected chi connectivity index (χ2v) is 5.90. The smallest absolute Gasteiger partial charge is 0.107 e. The molecule has 0 spiro atoms. The Morgan fingerprint density at radius 2 is 2.17 bits per heavy atom. The van der Waals surface area contributed by atoms with Gasteiger partial charge in [-0.25, -0.2) is 0 Å². The molecule has 0 aliphatic carbocycles. The number of hydrogen-bond donors (Lipinski definition) is 1. The Labute approximate surface area is 119 Å². The van der Waals surface area contributed by atoms with Gasteiger partial charge in [-0.05, 0) is 37.8 Å². The molecular weight excluding hydrogens is 264 g/mol. The van der Waals surface area contributed by atoms with E-state index < -0.39 is 0 Å². The molecule has 1 aliphatic rings. The summed E-state index contributed by atoms with van der Waals surface area (Å²) in [7, 11) is 0. The molecule has 1 aromatic rings. The van der Waals surface area contributed by atoms with E-state index in [4.69, 9.17) is 29.6 Å². The number of benzene rings is 1. The number of rotatable bonds is 2. The lowest BCUT2D eigenvalue weighted by Crippen LogP contribution is -2.43. The number of hydrogen-bond acceptors (Lipinski definition) is 2. The van der Waals surface area contributed by atoms with Crippen molar-refractivity contribution in [1.82, 2.24) is 0 Å². The summed E-state index contributed by atoms with van der Waals surface area (Å²) in [4.78, 5) is 2.76. The molecule has 2 unspecified atom stereocenters.